The molecule has 0 aromatic carbocycles. The van der Waals surface area contributed by atoms with Gasteiger partial charge < -0.3 is 0 Å². The van der Waals surface area contributed by atoms with E-state index in [1.54, 1.807) is 30.7 Å². The highest BCUT2D eigenvalue weighted by Crippen LogP contribution is 2.13. The summed E-state index contributed by atoms with van der Waals surface area (Å²) in [5.74, 6) is -0.0990. The fourth-order valence-electron chi connectivity index (χ4n) is 1.35. The van der Waals surface area contributed by atoms with Crippen molar-refractivity contribution in [3.63, 3.8) is 0 Å². The zero-order valence-corrected chi connectivity index (χ0v) is 10.2. The highest BCUT2D eigenvalue weighted by molar-refractivity contribution is 9.10. The van der Waals surface area contributed by atoms with Gasteiger partial charge in [0.1, 0.15) is 5.69 Å². The molecule has 0 bridgehead atoms. The summed E-state index contributed by atoms with van der Waals surface area (Å²) in [6.45, 7) is 1.88. The van der Waals surface area contributed by atoms with Crippen LogP contribution in [0.5, 0.6) is 0 Å². The minimum atomic E-state index is -0.0990. The largest absolute Gasteiger partial charge is 0.287 e. The van der Waals surface area contributed by atoms with Crippen LogP contribution in [0.1, 0.15) is 21.6 Å². The van der Waals surface area contributed by atoms with Crippen molar-refractivity contribution >= 4 is 21.7 Å². The summed E-state index contributed by atoms with van der Waals surface area (Å²) >= 11 is 3.28. The van der Waals surface area contributed by atoms with Crippen LogP contribution in [0.2, 0.25) is 0 Å². The van der Waals surface area contributed by atoms with Gasteiger partial charge in [0.2, 0.25) is 5.78 Å². The van der Waals surface area contributed by atoms with Crippen molar-refractivity contribution in [2.24, 2.45) is 0 Å². The van der Waals surface area contributed by atoms with E-state index in [9.17, 15) is 4.79 Å². The van der Waals surface area contributed by atoms with Gasteiger partial charge in [0.05, 0.1) is 0 Å². The lowest BCUT2D eigenvalue weighted by Gasteiger charge is -2.03. The van der Waals surface area contributed by atoms with Gasteiger partial charge in [-0.3, -0.25) is 14.8 Å². The Hall–Kier alpha value is -1.55. The third-order valence-electron chi connectivity index (χ3n) is 2.24. The summed E-state index contributed by atoms with van der Waals surface area (Å²) in [5, 5.41) is 0. The van der Waals surface area contributed by atoms with E-state index < -0.39 is 0 Å². The summed E-state index contributed by atoms with van der Waals surface area (Å²) in [7, 11) is 0. The Bertz CT molecular complexity index is 523. The van der Waals surface area contributed by atoms with Crippen LogP contribution in [0, 0.1) is 6.92 Å². The van der Waals surface area contributed by atoms with E-state index in [1.165, 1.54) is 0 Å². The Kier molecular flexibility index (Phi) is 3.10. The Morgan fingerprint density at radius 1 is 1.25 bits per heavy atom. The average molecular weight is 277 g/mol. The highest BCUT2D eigenvalue weighted by atomic mass is 79.9. The average Bonchev–Trinajstić information content (AvgIpc) is 2.30. The maximum absolute atomic E-state index is 12.1. The number of aryl methyl sites for hydroxylation is 1. The molecule has 0 radical (unpaired) electrons. The van der Waals surface area contributed by atoms with E-state index in [4.69, 9.17) is 0 Å². The number of rotatable bonds is 2. The van der Waals surface area contributed by atoms with Gasteiger partial charge in [-0.15, -0.1) is 0 Å². The number of hydrogen-bond donors (Lipinski definition) is 0. The number of hydrogen-bond acceptors (Lipinski definition) is 3. The first-order chi connectivity index (χ1) is 7.68. The molecule has 0 saturated heterocycles. The molecule has 0 spiro atoms. The number of pyridine rings is 2. The minimum absolute atomic E-state index is 0.0990. The maximum Gasteiger partial charge on any atom is 0.213 e. The molecule has 0 fully saturated rings. The molecule has 0 aliphatic heterocycles. The summed E-state index contributed by atoms with van der Waals surface area (Å²) in [5.41, 5.74) is 1.93. The zero-order chi connectivity index (χ0) is 11.5. The van der Waals surface area contributed by atoms with Crippen molar-refractivity contribution in [2.75, 3.05) is 0 Å². The standard InChI is InChI=1S/C12H9BrN2O/c1-8-4-5-14-7-10(8)12(16)11-3-2-9(13)6-15-11/h2-7H,1H3. The monoisotopic (exact) mass is 276 g/mol. The van der Waals surface area contributed by atoms with Crippen LogP contribution in [0.3, 0.4) is 0 Å². The van der Waals surface area contributed by atoms with Gasteiger partial charge >= 0.3 is 0 Å². The van der Waals surface area contributed by atoms with Crippen LogP contribution in [-0.4, -0.2) is 15.8 Å². The van der Waals surface area contributed by atoms with Crippen LogP contribution in [0.25, 0.3) is 0 Å². The third-order valence-corrected chi connectivity index (χ3v) is 2.71. The van der Waals surface area contributed by atoms with E-state index in [0.717, 1.165) is 10.0 Å². The lowest BCUT2D eigenvalue weighted by atomic mass is 10.1. The predicted molar refractivity (Wildman–Crippen MR) is 64.3 cm³/mol. The minimum Gasteiger partial charge on any atom is -0.287 e. The molecular formula is C12H9BrN2O. The molecule has 80 valence electrons. The number of ketones is 1. The van der Waals surface area contributed by atoms with Gasteiger partial charge in [-0.1, -0.05) is 0 Å². The van der Waals surface area contributed by atoms with E-state index in [2.05, 4.69) is 25.9 Å². The molecule has 16 heavy (non-hydrogen) atoms. The van der Waals surface area contributed by atoms with E-state index in [1.807, 2.05) is 13.0 Å². The molecular weight excluding hydrogens is 268 g/mol. The third kappa shape index (κ3) is 2.17. The normalized spacial score (nSPS) is 10.1. The van der Waals surface area contributed by atoms with Crippen molar-refractivity contribution in [2.45, 2.75) is 6.92 Å². The maximum atomic E-state index is 12.1. The van der Waals surface area contributed by atoms with Crippen molar-refractivity contribution in [1.82, 2.24) is 9.97 Å². The topological polar surface area (TPSA) is 42.9 Å². The molecule has 4 heteroatoms. The highest BCUT2D eigenvalue weighted by Gasteiger charge is 2.12. The molecule has 3 nitrogen and oxygen atoms in total. The number of carbonyl (C=O) groups excluding carboxylic acids is 1. The fourth-order valence-corrected chi connectivity index (χ4v) is 1.58. The molecule has 0 saturated carbocycles. The number of nitrogens with zero attached hydrogens (tertiary/aromatic N) is 2. The van der Waals surface area contributed by atoms with Gasteiger partial charge in [0.15, 0.2) is 0 Å². The Labute approximate surface area is 102 Å². The van der Waals surface area contributed by atoms with Crippen LogP contribution in [-0.2, 0) is 0 Å². The van der Waals surface area contributed by atoms with Crippen molar-refractivity contribution in [3.8, 4) is 0 Å². The van der Waals surface area contributed by atoms with Gasteiger partial charge in [-0.05, 0) is 46.6 Å². The van der Waals surface area contributed by atoms with Crippen LogP contribution in [0.15, 0.2) is 41.3 Å². The van der Waals surface area contributed by atoms with Gasteiger partial charge in [0.25, 0.3) is 0 Å². The molecule has 0 aliphatic carbocycles. The summed E-state index contributed by atoms with van der Waals surface area (Å²) in [6.07, 6.45) is 4.85. The zero-order valence-electron chi connectivity index (χ0n) is 8.64. The first-order valence-electron chi connectivity index (χ1n) is 4.75. The Balaban J connectivity index is 2.40. The number of carbonyl (C=O) groups is 1. The molecule has 0 N–H and O–H groups in total. The molecule has 2 aromatic rings. The second-order valence-electron chi connectivity index (χ2n) is 3.38. The lowest BCUT2D eigenvalue weighted by molar-refractivity contribution is 0.103. The fraction of sp³-hybridized carbons (Fsp3) is 0.0833. The molecule has 0 atom stereocenters. The summed E-state index contributed by atoms with van der Waals surface area (Å²) < 4.78 is 0.854. The Morgan fingerprint density at radius 2 is 2.06 bits per heavy atom. The van der Waals surface area contributed by atoms with Crippen molar-refractivity contribution < 1.29 is 4.79 Å². The SMILES string of the molecule is Cc1ccncc1C(=O)c1ccc(Br)cn1. The lowest BCUT2D eigenvalue weighted by Crippen LogP contribution is -2.06. The summed E-state index contributed by atoms with van der Waals surface area (Å²) in [4.78, 5) is 20.1. The second-order valence-corrected chi connectivity index (χ2v) is 4.30. The van der Waals surface area contributed by atoms with Crippen molar-refractivity contribution in [3.05, 3.63) is 58.1 Å². The van der Waals surface area contributed by atoms with E-state index in [0.29, 0.717) is 11.3 Å². The smallest absolute Gasteiger partial charge is 0.213 e. The van der Waals surface area contributed by atoms with Gasteiger partial charge in [0, 0.05) is 28.6 Å². The van der Waals surface area contributed by atoms with Gasteiger partial charge in [-0.2, -0.15) is 0 Å². The van der Waals surface area contributed by atoms with Gasteiger partial charge in [-0.25, -0.2) is 0 Å². The Morgan fingerprint density at radius 3 is 2.69 bits per heavy atom. The molecule has 2 aromatic heterocycles. The first-order valence-corrected chi connectivity index (χ1v) is 5.54. The molecule has 0 unspecified atom stereocenters. The van der Waals surface area contributed by atoms with E-state index in [-0.39, 0.29) is 5.78 Å². The summed E-state index contributed by atoms with van der Waals surface area (Å²) in [6, 6.07) is 5.30. The molecule has 0 aliphatic rings. The quantitative estimate of drug-likeness (QED) is 0.793. The first kappa shape index (κ1) is 11.0. The molecule has 0 amide bonds. The van der Waals surface area contributed by atoms with Crippen LogP contribution in [0.4, 0.5) is 0 Å². The molecule has 2 heterocycles. The number of aromatic nitrogens is 2. The van der Waals surface area contributed by atoms with Crippen molar-refractivity contribution in [1.29, 1.82) is 0 Å². The van der Waals surface area contributed by atoms with Crippen LogP contribution >= 0.6 is 15.9 Å². The van der Waals surface area contributed by atoms with Crippen LogP contribution < -0.4 is 0 Å². The second kappa shape index (κ2) is 4.53. The molecule has 2 rings (SSSR count). The number of halogens is 1. The van der Waals surface area contributed by atoms with E-state index >= 15 is 0 Å². The predicted octanol–water partition coefficient (Wildman–Crippen LogP) is 2.78.